The normalized spacial score (nSPS) is 19.6. The molecule has 0 radical (unpaired) electrons. The van der Waals surface area contributed by atoms with Gasteiger partial charge in [0, 0.05) is 29.7 Å². The van der Waals surface area contributed by atoms with Gasteiger partial charge < -0.3 is 10.2 Å². The number of hydrogen-bond donors (Lipinski definition) is 1. The van der Waals surface area contributed by atoms with Crippen LogP contribution in [0.2, 0.25) is 5.02 Å². The molecule has 1 amide bonds. The summed E-state index contributed by atoms with van der Waals surface area (Å²) < 4.78 is 0. The molecule has 0 saturated carbocycles. The van der Waals surface area contributed by atoms with Crippen molar-refractivity contribution in [2.24, 2.45) is 0 Å². The van der Waals surface area contributed by atoms with E-state index in [1.54, 1.807) is 12.1 Å². The lowest BCUT2D eigenvalue weighted by Crippen LogP contribution is -2.40. The first-order valence-electron chi connectivity index (χ1n) is 5.93. The summed E-state index contributed by atoms with van der Waals surface area (Å²) >= 11 is 5.91. The Labute approximate surface area is 107 Å². The molecule has 1 saturated heterocycles. The molecule has 1 aliphatic heterocycles. The molecule has 1 aliphatic rings. The van der Waals surface area contributed by atoms with Crippen LogP contribution in [0, 0.1) is 0 Å². The number of hydrogen-bond acceptors (Lipinski definition) is 2. The number of amides is 1. The van der Waals surface area contributed by atoms with Crippen LogP contribution in [0.25, 0.3) is 0 Å². The maximum atomic E-state index is 12.3. The molecule has 1 N–H and O–H groups in total. The molecular weight excluding hydrogens is 236 g/mol. The molecule has 1 aromatic rings. The van der Waals surface area contributed by atoms with Gasteiger partial charge >= 0.3 is 0 Å². The molecule has 17 heavy (non-hydrogen) atoms. The lowest BCUT2D eigenvalue weighted by molar-refractivity contribution is 0.0737. The second kappa shape index (κ2) is 5.52. The van der Waals surface area contributed by atoms with Gasteiger partial charge in [-0.05, 0) is 38.1 Å². The Bertz CT molecular complexity index is 408. The lowest BCUT2D eigenvalue weighted by atomic mass is 10.1. The molecule has 1 atom stereocenters. The number of likely N-dealkylation sites (tertiary alicyclic amines) is 1. The van der Waals surface area contributed by atoms with Crippen LogP contribution < -0.4 is 5.32 Å². The summed E-state index contributed by atoms with van der Waals surface area (Å²) in [6, 6.07) is 7.47. The van der Waals surface area contributed by atoms with Crippen molar-refractivity contribution in [1.82, 2.24) is 10.2 Å². The lowest BCUT2D eigenvalue weighted by Gasteiger charge is -2.24. The second-order valence-corrected chi connectivity index (χ2v) is 4.80. The van der Waals surface area contributed by atoms with Gasteiger partial charge in [0.15, 0.2) is 0 Å². The smallest absolute Gasteiger partial charge is 0.254 e. The van der Waals surface area contributed by atoms with Crippen molar-refractivity contribution in [2.75, 3.05) is 20.1 Å². The zero-order chi connectivity index (χ0) is 12.3. The van der Waals surface area contributed by atoms with E-state index in [1.807, 2.05) is 24.1 Å². The van der Waals surface area contributed by atoms with Crippen molar-refractivity contribution in [3.63, 3.8) is 0 Å². The molecule has 1 fully saturated rings. The number of carbonyl (C=O) groups excluding carboxylic acids is 1. The van der Waals surface area contributed by atoms with Crippen molar-refractivity contribution in [3.8, 4) is 0 Å². The molecule has 92 valence electrons. The molecule has 0 bridgehead atoms. The second-order valence-electron chi connectivity index (χ2n) is 4.36. The number of carbonyl (C=O) groups is 1. The van der Waals surface area contributed by atoms with E-state index >= 15 is 0 Å². The first kappa shape index (κ1) is 12.4. The third-order valence-corrected chi connectivity index (χ3v) is 3.38. The molecule has 0 aromatic heterocycles. The van der Waals surface area contributed by atoms with Crippen molar-refractivity contribution >= 4 is 17.5 Å². The van der Waals surface area contributed by atoms with Gasteiger partial charge in [-0.25, -0.2) is 0 Å². The highest BCUT2D eigenvalue weighted by Crippen LogP contribution is 2.21. The van der Waals surface area contributed by atoms with E-state index in [0.717, 1.165) is 25.9 Å². The van der Waals surface area contributed by atoms with E-state index in [2.05, 4.69) is 5.32 Å². The van der Waals surface area contributed by atoms with Crippen LogP contribution in [0.3, 0.4) is 0 Å². The topological polar surface area (TPSA) is 32.3 Å². The molecule has 4 heteroatoms. The molecular formula is C13H17ClN2O. The van der Waals surface area contributed by atoms with Crippen LogP contribution in [0.4, 0.5) is 0 Å². The van der Waals surface area contributed by atoms with Gasteiger partial charge in [-0.15, -0.1) is 0 Å². The Kier molecular flexibility index (Phi) is 4.02. The Morgan fingerprint density at radius 1 is 1.59 bits per heavy atom. The van der Waals surface area contributed by atoms with Gasteiger partial charge in [0.1, 0.15) is 0 Å². The average molecular weight is 253 g/mol. The Balaban J connectivity index is 2.14. The Morgan fingerprint density at radius 3 is 3.12 bits per heavy atom. The minimum absolute atomic E-state index is 0.0882. The van der Waals surface area contributed by atoms with Crippen LogP contribution >= 0.6 is 11.6 Å². The van der Waals surface area contributed by atoms with Crippen LogP contribution in [0.1, 0.15) is 23.2 Å². The number of likely N-dealkylation sites (N-methyl/N-ethyl adjacent to an activating group) is 1. The average Bonchev–Trinajstić information content (AvgIpc) is 2.77. The Hall–Kier alpha value is -1.06. The standard InChI is InChI=1S/C13H17ClN2O/c1-15-9-12-6-3-7-16(12)13(17)10-4-2-5-11(14)8-10/h2,4-5,8,12,15H,3,6-7,9H2,1H3. The monoisotopic (exact) mass is 252 g/mol. The predicted molar refractivity (Wildman–Crippen MR) is 69.4 cm³/mol. The maximum absolute atomic E-state index is 12.3. The number of nitrogens with one attached hydrogen (secondary N) is 1. The number of halogens is 1. The van der Waals surface area contributed by atoms with Gasteiger partial charge in [0.05, 0.1) is 0 Å². The molecule has 3 nitrogen and oxygen atoms in total. The van der Waals surface area contributed by atoms with Crippen LogP contribution in [-0.4, -0.2) is 37.0 Å². The zero-order valence-corrected chi connectivity index (χ0v) is 10.7. The highest BCUT2D eigenvalue weighted by molar-refractivity contribution is 6.30. The fourth-order valence-corrected chi connectivity index (χ4v) is 2.53. The van der Waals surface area contributed by atoms with Gasteiger partial charge in [-0.1, -0.05) is 17.7 Å². The number of rotatable bonds is 3. The molecule has 1 aromatic carbocycles. The van der Waals surface area contributed by atoms with Crippen molar-refractivity contribution in [1.29, 1.82) is 0 Å². The summed E-state index contributed by atoms with van der Waals surface area (Å²) in [5.41, 5.74) is 0.681. The molecule has 2 rings (SSSR count). The minimum atomic E-state index is 0.0882. The highest BCUT2D eigenvalue weighted by atomic mass is 35.5. The quantitative estimate of drug-likeness (QED) is 0.894. The molecule has 1 unspecified atom stereocenters. The first-order chi connectivity index (χ1) is 8.22. The fourth-order valence-electron chi connectivity index (χ4n) is 2.34. The van der Waals surface area contributed by atoms with Crippen LogP contribution in [-0.2, 0) is 0 Å². The van der Waals surface area contributed by atoms with Gasteiger partial charge in [0.25, 0.3) is 5.91 Å². The van der Waals surface area contributed by atoms with Crippen LogP contribution in [0.15, 0.2) is 24.3 Å². The van der Waals surface area contributed by atoms with Crippen molar-refractivity contribution in [2.45, 2.75) is 18.9 Å². The predicted octanol–water partition coefficient (Wildman–Crippen LogP) is 2.16. The summed E-state index contributed by atoms with van der Waals surface area (Å²) in [5.74, 6) is 0.0882. The van der Waals surface area contributed by atoms with Crippen LogP contribution in [0.5, 0.6) is 0 Å². The maximum Gasteiger partial charge on any atom is 0.254 e. The SMILES string of the molecule is CNCC1CCCN1C(=O)c1cccc(Cl)c1. The zero-order valence-electron chi connectivity index (χ0n) is 9.95. The largest absolute Gasteiger partial charge is 0.334 e. The van der Waals surface area contributed by atoms with Gasteiger partial charge in [-0.3, -0.25) is 4.79 Å². The van der Waals surface area contributed by atoms with Gasteiger partial charge in [-0.2, -0.15) is 0 Å². The van der Waals surface area contributed by atoms with E-state index in [4.69, 9.17) is 11.6 Å². The van der Waals surface area contributed by atoms with E-state index in [-0.39, 0.29) is 5.91 Å². The summed E-state index contributed by atoms with van der Waals surface area (Å²) in [6.45, 7) is 1.70. The van der Waals surface area contributed by atoms with E-state index in [1.165, 1.54) is 0 Å². The molecule has 0 spiro atoms. The summed E-state index contributed by atoms with van der Waals surface area (Å²) in [5, 5.41) is 3.75. The number of nitrogens with zero attached hydrogens (tertiary/aromatic N) is 1. The summed E-state index contributed by atoms with van der Waals surface area (Å²) in [6.07, 6.45) is 2.16. The Morgan fingerprint density at radius 2 is 2.41 bits per heavy atom. The van der Waals surface area contributed by atoms with E-state index < -0.39 is 0 Å². The third-order valence-electron chi connectivity index (χ3n) is 3.15. The fraction of sp³-hybridized carbons (Fsp3) is 0.462. The minimum Gasteiger partial charge on any atom is -0.334 e. The number of benzene rings is 1. The van der Waals surface area contributed by atoms with Gasteiger partial charge in [0.2, 0.25) is 0 Å². The highest BCUT2D eigenvalue weighted by Gasteiger charge is 2.28. The first-order valence-corrected chi connectivity index (χ1v) is 6.31. The summed E-state index contributed by atoms with van der Waals surface area (Å²) in [7, 11) is 1.92. The van der Waals surface area contributed by atoms with Crippen molar-refractivity contribution in [3.05, 3.63) is 34.9 Å². The molecule has 1 heterocycles. The summed E-state index contributed by atoms with van der Waals surface area (Å²) in [4.78, 5) is 14.3. The van der Waals surface area contributed by atoms with E-state index in [9.17, 15) is 4.79 Å². The molecule has 0 aliphatic carbocycles. The van der Waals surface area contributed by atoms with E-state index in [0.29, 0.717) is 16.6 Å². The van der Waals surface area contributed by atoms with Crippen molar-refractivity contribution < 1.29 is 4.79 Å². The third kappa shape index (κ3) is 2.79.